The van der Waals surface area contributed by atoms with Crippen LogP contribution in [0, 0.1) is 0 Å². The summed E-state index contributed by atoms with van der Waals surface area (Å²) in [6.07, 6.45) is 1.29. The molecule has 0 saturated carbocycles. The summed E-state index contributed by atoms with van der Waals surface area (Å²) in [4.78, 5) is 21.2. The molecule has 5 nitrogen and oxygen atoms in total. The summed E-state index contributed by atoms with van der Waals surface area (Å²) in [5.74, 6) is 0.743. The Bertz CT molecular complexity index is 515. The quantitative estimate of drug-likeness (QED) is 0.694. The molecular weight excluding hydrogens is 389 g/mol. The zero-order valence-corrected chi connectivity index (χ0v) is 17.5. The Labute approximate surface area is 136 Å². The van der Waals surface area contributed by atoms with Crippen molar-refractivity contribution in [2.24, 2.45) is 0 Å². The van der Waals surface area contributed by atoms with E-state index in [-0.39, 0.29) is 15.8 Å². The second kappa shape index (κ2) is 5.74. The Balaban J connectivity index is 2.25. The van der Waals surface area contributed by atoms with Crippen LogP contribution in [0.25, 0.3) is 0 Å². The number of furan rings is 1. The zero-order valence-electron chi connectivity index (χ0n) is 14.6. The van der Waals surface area contributed by atoms with Crippen LogP contribution in [-0.2, 0) is 9.47 Å². The van der Waals surface area contributed by atoms with Gasteiger partial charge in [-0.25, -0.2) is 0 Å². The third-order valence-corrected chi connectivity index (χ3v) is 9.55. The third-order valence-electron chi connectivity index (χ3n) is 3.91. The first-order chi connectivity index (χ1) is 9.95. The summed E-state index contributed by atoms with van der Waals surface area (Å²) in [5.41, 5.74) is -1.05. The Hall–Kier alpha value is -0.691. The summed E-state index contributed by atoms with van der Waals surface area (Å²) in [6, 6.07) is 3.72. The summed E-state index contributed by atoms with van der Waals surface area (Å²) < 4.78 is 17.0. The van der Waals surface area contributed by atoms with Gasteiger partial charge < -0.3 is 0 Å². The monoisotopic (exact) mass is 417 g/mol. The van der Waals surface area contributed by atoms with Crippen LogP contribution < -0.4 is 0 Å². The SMILES string of the molecule is CC1(C)COC(C)(C)N1C(=O)O[CH](c1ccco1)[Sn]([CH3])([CH3])[CH3]. The van der Waals surface area contributed by atoms with E-state index in [2.05, 4.69) is 14.8 Å². The fraction of sp³-hybridized carbons (Fsp3) is 0.688. The molecule has 1 aliphatic rings. The van der Waals surface area contributed by atoms with Crippen LogP contribution in [0.1, 0.15) is 37.6 Å². The fourth-order valence-electron chi connectivity index (χ4n) is 2.93. The van der Waals surface area contributed by atoms with Crippen LogP contribution in [-0.4, -0.2) is 47.2 Å². The van der Waals surface area contributed by atoms with Gasteiger partial charge in [-0.15, -0.1) is 0 Å². The molecule has 1 aromatic rings. The van der Waals surface area contributed by atoms with E-state index < -0.39 is 24.1 Å². The Morgan fingerprint density at radius 2 is 1.95 bits per heavy atom. The van der Waals surface area contributed by atoms with Crippen LogP contribution in [0.2, 0.25) is 14.8 Å². The first-order valence-corrected chi connectivity index (χ1v) is 17.8. The summed E-state index contributed by atoms with van der Waals surface area (Å²) >= 11 is -2.58. The van der Waals surface area contributed by atoms with E-state index in [1.807, 2.05) is 39.8 Å². The average molecular weight is 416 g/mol. The molecule has 1 aliphatic heterocycles. The van der Waals surface area contributed by atoms with Gasteiger partial charge in [-0.2, -0.15) is 0 Å². The molecule has 22 heavy (non-hydrogen) atoms. The molecule has 0 aromatic carbocycles. The molecule has 1 atom stereocenters. The number of hydrogen-bond donors (Lipinski definition) is 0. The van der Waals surface area contributed by atoms with Gasteiger partial charge >= 0.3 is 137 Å². The molecule has 2 heterocycles. The standard InChI is InChI=1S/C13H18NO4.3CH3.Sn/c1-12(2)9-18-13(3,4)14(12)11(15)17-8-10-6-5-7-16-10;;;;/h5-8H,9H2,1-4H3;3*1H3;. The predicted molar refractivity (Wildman–Crippen MR) is 87.2 cm³/mol. The molecule has 6 heteroatoms. The van der Waals surface area contributed by atoms with E-state index in [1.54, 1.807) is 11.2 Å². The maximum atomic E-state index is 12.8. The maximum absolute atomic E-state index is 12.8. The Kier molecular flexibility index (Phi) is 4.61. The topological polar surface area (TPSA) is 51.9 Å². The van der Waals surface area contributed by atoms with Crippen molar-refractivity contribution in [2.45, 2.75) is 57.9 Å². The molecule has 0 radical (unpaired) electrons. The van der Waals surface area contributed by atoms with Gasteiger partial charge in [0, 0.05) is 0 Å². The molecule has 124 valence electrons. The minimum absolute atomic E-state index is 0.246. The summed E-state index contributed by atoms with van der Waals surface area (Å²) in [5, 5.41) is 0. The van der Waals surface area contributed by atoms with Crippen LogP contribution in [0.3, 0.4) is 0 Å². The molecule has 0 N–H and O–H groups in total. The molecule has 1 fully saturated rings. The zero-order chi connectivity index (χ0) is 16.8. The number of carbonyl (C=O) groups excluding carboxylic acids is 1. The van der Waals surface area contributed by atoms with Crippen LogP contribution in [0.4, 0.5) is 4.79 Å². The molecule has 1 aromatic heterocycles. The minimum atomic E-state index is -2.58. The van der Waals surface area contributed by atoms with Crippen molar-refractivity contribution in [3.05, 3.63) is 24.2 Å². The Morgan fingerprint density at radius 1 is 1.32 bits per heavy atom. The van der Waals surface area contributed by atoms with Crippen LogP contribution in [0.15, 0.2) is 22.8 Å². The normalized spacial score (nSPS) is 21.7. The molecule has 1 amide bonds. The van der Waals surface area contributed by atoms with E-state index in [4.69, 9.17) is 13.9 Å². The van der Waals surface area contributed by atoms with E-state index in [0.717, 1.165) is 5.76 Å². The average Bonchev–Trinajstić information content (AvgIpc) is 2.91. The van der Waals surface area contributed by atoms with Crippen molar-refractivity contribution in [1.29, 1.82) is 0 Å². The number of hydrogen-bond acceptors (Lipinski definition) is 4. The van der Waals surface area contributed by atoms with Crippen molar-refractivity contribution >= 4 is 24.5 Å². The molecule has 1 unspecified atom stereocenters. The van der Waals surface area contributed by atoms with Gasteiger partial charge in [-0.3, -0.25) is 0 Å². The van der Waals surface area contributed by atoms with Gasteiger partial charge in [0.05, 0.1) is 0 Å². The molecule has 1 saturated heterocycles. The molecular formula is C16H27NO4Sn. The number of nitrogens with zero attached hydrogens (tertiary/aromatic N) is 1. The van der Waals surface area contributed by atoms with Gasteiger partial charge in [0.15, 0.2) is 0 Å². The van der Waals surface area contributed by atoms with Crippen molar-refractivity contribution < 1.29 is 18.7 Å². The van der Waals surface area contributed by atoms with Gasteiger partial charge in [0.2, 0.25) is 0 Å². The van der Waals surface area contributed by atoms with E-state index >= 15 is 0 Å². The van der Waals surface area contributed by atoms with Crippen LogP contribution in [0.5, 0.6) is 0 Å². The Morgan fingerprint density at radius 3 is 2.36 bits per heavy atom. The number of rotatable bonds is 3. The van der Waals surface area contributed by atoms with Gasteiger partial charge in [0.1, 0.15) is 0 Å². The summed E-state index contributed by atoms with van der Waals surface area (Å²) in [6.45, 7) is 8.27. The van der Waals surface area contributed by atoms with Gasteiger partial charge in [0.25, 0.3) is 0 Å². The summed E-state index contributed by atoms with van der Waals surface area (Å²) in [7, 11) is 0. The molecule has 0 spiro atoms. The van der Waals surface area contributed by atoms with E-state index in [9.17, 15) is 4.79 Å². The van der Waals surface area contributed by atoms with Gasteiger partial charge in [-0.05, 0) is 0 Å². The first-order valence-electron chi connectivity index (χ1n) is 7.63. The van der Waals surface area contributed by atoms with Crippen molar-refractivity contribution in [2.75, 3.05) is 6.61 Å². The van der Waals surface area contributed by atoms with E-state index in [0.29, 0.717) is 6.61 Å². The third kappa shape index (κ3) is 3.45. The molecule has 0 bridgehead atoms. The van der Waals surface area contributed by atoms with Crippen molar-refractivity contribution in [3.8, 4) is 0 Å². The molecule has 2 rings (SSSR count). The van der Waals surface area contributed by atoms with Crippen molar-refractivity contribution in [3.63, 3.8) is 0 Å². The van der Waals surface area contributed by atoms with Crippen LogP contribution >= 0.6 is 0 Å². The van der Waals surface area contributed by atoms with Crippen molar-refractivity contribution in [1.82, 2.24) is 4.90 Å². The van der Waals surface area contributed by atoms with E-state index in [1.165, 1.54) is 0 Å². The number of amides is 1. The first kappa shape index (κ1) is 17.7. The second-order valence-corrected chi connectivity index (χ2v) is 23.0. The number of carbonyl (C=O) groups is 1. The predicted octanol–water partition coefficient (Wildman–Crippen LogP) is 4.18. The second-order valence-electron chi connectivity index (χ2n) is 8.03. The fourth-order valence-corrected chi connectivity index (χ4v) is 7.14. The molecule has 0 aliphatic carbocycles. The van der Waals surface area contributed by atoms with Gasteiger partial charge in [-0.1, -0.05) is 0 Å². The number of ether oxygens (including phenoxy) is 2.